The molecule has 0 spiro atoms. The molecule has 1 aromatic rings. The Morgan fingerprint density at radius 2 is 1.67 bits per heavy atom. The summed E-state index contributed by atoms with van der Waals surface area (Å²) in [7, 11) is 0. The molecule has 0 aliphatic heterocycles. The van der Waals surface area contributed by atoms with Crippen LogP contribution >= 0.6 is 0 Å². The lowest BCUT2D eigenvalue weighted by Gasteiger charge is -2.21. The summed E-state index contributed by atoms with van der Waals surface area (Å²) in [5, 5.41) is 5.40. The predicted molar refractivity (Wildman–Crippen MR) is 63.0 cm³/mol. The van der Waals surface area contributed by atoms with Crippen molar-refractivity contribution in [3.63, 3.8) is 0 Å². The monoisotopic (exact) mass is 205 g/mol. The van der Waals surface area contributed by atoms with E-state index in [0.29, 0.717) is 0 Å². The van der Waals surface area contributed by atoms with E-state index in [-0.39, 0.29) is 5.41 Å². The summed E-state index contributed by atoms with van der Waals surface area (Å²) in [6.45, 7) is 11.1. The second-order valence-electron chi connectivity index (χ2n) is 4.67. The summed E-state index contributed by atoms with van der Waals surface area (Å²) < 4.78 is 0. The van der Waals surface area contributed by atoms with Crippen molar-refractivity contribution in [3.8, 4) is 0 Å². The van der Waals surface area contributed by atoms with Gasteiger partial charge >= 0.3 is 0 Å². The normalized spacial score (nSPS) is 9.93. The number of aryl methyl sites for hydroxylation is 2. The molecule has 0 heterocycles. The number of hydrogen-bond acceptors (Lipinski definition) is 2. The third-order valence-electron chi connectivity index (χ3n) is 2.19. The number of isocyanates is 1. The Labute approximate surface area is 91.8 Å². The van der Waals surface area contributed by atoms with Crippen LogP contribution < -0.4 is 0 Å². The molecule has 0 saturated carbocycles. The molecule has 0 saturated heterocycles. The topological polar surface area (TPSA) is 40.9 Å². The highest BCUT2D eigenvalue weighted by atomic mass is 16.1. The highest BCUT2D eigenvalue weighted by Gasteiger charge is 2.15. The van der Waals surface area contributed by atoms with Crippen molar-refractivity contribution in [2.45, 2.75) is 40.0 Å². The largest absolute Gasteiger partial charge is 0.231 e. The summed E-state index contributed by atoms with van der Waals surface area (Å²) in [5.74, 6) is 0. The van der Waals surface area contributed by atoms with Gasteiger partial charge in [-0.1, -0.05) is 44.5 Å². The summed E-state index contributed by atoms with van der Waals surface area (Å²) in [4.78, 5) is 8.35. The fraction of sp³-hybridized carbons (Fsp3) is 0.462. The molecule has 0 bridgehead atoms. The standard InChI is InChI=1S/C12H18.CHNO/c1-9-6-7-11(10(2)8-9)12(3,4)5;2-1-3/h6-8H,1-5H3;2H. The molecule has 1 N–H and O–H groups in total. The van der Waals surface area contributed by atoms with Crippen LogP contribution in [0.1, 0.15) is 37.5 Å². The molecule has 1 aromatic carbocycles. The van der Waals surface area contributed by atoms with Gasteiger partial charge < -0.3 is 0 Å². The van der Waals surface area contributed by atoms with E-state index in [1.54, 1.807) is 0 Å². The van der Waals surface area contributed by atoms with Crippen molar-refractivity contribution in [1.82, 2.24) is 0 Å². The molecular weight excluding hydrogens is 186 g/mol. The number of hydrogen-bond donors (Lipinski definition) is 1. The van der Waals surface area contributed by atoms with Gasteiger partial charge in [0, 0.05) is 0 Å². The first-order valence-electron chi connectivity index (χ1n) is 4.94. The molecule has 1 rings (SSSR count). The van der Waals surface area contributed by atoms with Crippen molar-refractivity contribution in [3.05, 3.63) is 34.9 Å². The van der Waals surface area contributed by atoms with Crippen LogP contribution in [-0.2, 0) is 10.2 Å². The van der Waals surface area contributed by atoms with E-state index in [9.17, 15) is 0 Å². The average molecular weight is 205 g/mol. The van der Waals surface area contributed by atoms with E-state index in [1.165, 1.54) is 16.7 Å². The van der Waals surface area contributed by atoms with Gasteiger partial charge in [0.05, 0.1) is 0 Å². The van der Waals surface area contributed by atoms with Crippen LogP contribution in [0.4, 0.5) is 0 Å². The first-order valence-corrected chi connectivity index (χ1v) is 4.94. The maximum Gasteiger partial charge on any atom is 0.231 e. The van der Waals surface area contributed by atoms with Crippen LogP contribution in [0.25, 0.3) is 0 Å². The maximum atomic E-state index is 8.35. The predicted octanol–water partition coefficient (Wildman–Crippen LogP) is 3.50. The lowest BCUT2D eigenvalue weighted by Crippen LogP contribution is -2.12. The van der Waals surface area contributed by atoms with Crippen LogP contribution in [-0.4, -0.2) is 6.08 Å². The molecule has 15 heavy (non-hydrogen) atoms. The third kappa shape index (κ3) is 4.57. The summed E-state index contributed by atoms with van der Waals surface area (Å²) in [6, 6.07) is 6.68. The Kier molecular flexibility index (Phi) is 4.96. The van der Waals surface area contributed by atoms with Gasteiger partial charge in [-0.15, -0.1) is 0 Å². The van der Waals surface area contributed by atoms with Crippen LogP contribution in [0.5, 0.6) is 0 Å². The van der Waals surface area contributed by atoms with Gasteiger partial charge in [-0.3, -0.25) is 0 Å². The molecule has 0 atom stereocenters. The molecular formula is C13H19NO. The molecule has 0 aromatic heterocycles. The minimum Gasteiger partial charge on any atom is -0.222 e. The van der Waals surface area contributed by atoms with Crippen LogP contribution in [0, 0.1) is 19.3 Å². The summed E-state index contributed by atoms with van der Waals surface area (Å²) in [5.41, 5.74) is 4.48. The molecule has 0 amide bonds. The zero-order valence-corrected chi connectivity index (χ0v) is 10.1. The lowest BCUT2D eigenvalue weighted by molar-refractivity contribution is 0.562. The second kappa shape index (κ2) is 5.47. The molecule has 0 unspecified atom stereocenters. The first kappa shape index (κ1) is 13.6. The maximum absolute atomic E-state index is 8.35. The smallest absolute Gasteiger partial charge is 0.222 e. The van der Waals surface area contributed by atoms with Crippen molar-refractivity contribution < 1.29 is 4.79 Å². The lowest BCUT2D eigenvalue weighted by atomic mass is 9.84. The highest BCUT2D eigenvalue weighted by molar-refractivity contribution is 5.34. The SMILES string of the molecule is Cc1ccc(C(C)(C)C)c(C)c1.N=C=O. The Bertz CT molecular complexity index is 355. The van der Waals surface area contributed by atoms with Gasteiger partial charge in [0.15, 0.2) is 0 Å². The third-order valence-corrected chi connectivity index (χ3v) is 2.19. The van der Waals surface area contributed by atoms with E-state index >= 15 is 0 Å². The Balaban J connectivity index is 0.000000583. The first-order chi connectivity index (χ1) is 6.82. The summed E-state index contributed by atoms with van der Waals surface area (Å²) in [6.07, 6.45) is 0.750. The van der Waals surface area contributed by atoms with Gasteiger partial charge in [0.1, 0.15) is 0 Å². The number of carbonyl (C=O) groups excluding carboxylic acids is 1. The quantitative estimate of drug-likeness (QED) is 0.511. The van der Waals surface area contributed by atoms with Crippen molar-refractivity contribution in [1.29, 1.82) is 5.41 Å². The van der Waals surface area contributed by atoms with E-state index in [0.717, 1.165) is 6.08 Å². The van der Waals surface area contributed by atoms with Crippen molar-refractivity contribution >= 4 is 6.08 Å². The molecule has 2 heteroatoms. The fourth-order valence-corrected chi connectivity index (χ4v) is 1.66. The highest BCUT2D eigenvalue weighted by Crippen LogP contribution is 2.25. The second-order valence-corrected chi connectivity index (χ2v) is 4.67. The minimum atomic E-state index is 0.276. The van der Waals surface area contributed by atoms with Crippen LogP contribution in [0.3, 0.4) is 0 Å². The van der Waals surface area contributed by atoms with Gasteiger partial charge in [0.2, 0.25) is 6.08 Å². The molecule has 0 aliphatic rings. The van der Waals surface area contributed by atoms with Gasteiger partial charge in [-0.25, -0.2) is 10.2 Å². The molecule has 2 nitrogen and oxygen atoms in total. The van der Waals surface area contributed by atoms with Crippen molar-refractivity contribution in [2.75, 3.05) is 0 Å². The van der Waals surface area contributed by atoms with E-state index in [1.807, 2.05) is 0 Å². The zero-order valence-electron chi connectivity index (χ0n) is 10.1. The number of nitrogens with one attached hydrogen (secondary N) is 1. The van der Waals surface area contributed by atoms with E-state index in [4.69, 9.17) is 10.2 Å². The Morgan fingerprint density at radius 1 is 1.20 bits per heavy atom. The minimum absolute atomic E-state index is 0.276. The van der Waals surface area contributed by atoms with Crippen LogP contribution in [0.15, 0.2) is 18.2 Å². The zero-order chi connectivity index (χ0) is 12.1. The Hall–Kier alpha value is -1.40. The molecule has 0 fully saturated rings. The molecule has 82 valence electrons. The molecule has 0 aliphatic carbocycles. The number of rotatable bonds is 0. The van der Waals surface area contributed by atoms with Gasteiger partial charge in [-0.05, 0) is 30.4 Å². The number of benzene rings is 1. The van der Waals surface area contributed by atoms with Crippen LogP contribution in [0.2, 0.25) is 0 Å². The molecule has 0 radical (unpaired) electrons. The van der Waals surface area contributed by atoms with Crippen molar-refractivity contribution in [2.24, 2.45) is 0 Å². The fourth-order valence-electron chi connectivity index (χ4n) is 1.66. The Morgan fingerprint density at radius 3 is 2.00 bits per heavy atom. The van der Waals surface area contributed by atoms with Gasteiger partial charge in [0.25, 0.3) is 0 Å². The average Bonchev–Trinajstić information content (AvgIpc) is 2.02. The summed E-state index contributed by atoms with van der Waals surface area (Å²) >= 11 is 0. The van der Waals surface area contributed by atoms with E-state index < -0.39 is 0 Å². The van der Waals surface area contributed by atoms with E-state index in [2.05, 4.69) is 52.8 Å². The van der Waals surface area contributed by atoms with Gasteiger partial charge in [-0.2, -0.15) is 0 Å².